The van der Waals surface area contributed by atoms with E-state index in [0.717, 1.165) is 37.0 Å². The number of carbonyl (C=O) groups is 1. The molecule has 34 heavy (non-hydrogen) atoms. The first-order valence-electron chi connectivity index (χ1n) is 11.2. The Morgan fingerprint density at radius 1 is 1.12 bits per heavy atom. The number of carboxylic acid groups (broad SMARTS) is 1. The lowest BCUT2D eigenvalue weighted by atomic mass is 9.97. The van der Waals surface area contributed by atoms with Crippen molar-refractivity contribution in [3.05, 3.63) is 69.8 Å². The molecule has 0 amide bonds. The summed E-state index contributed by atoms with van der Waals surface area (Å²) in [6, 6.07) is 6.10. The van der Waals surface area contributed by atoms with E-state index >= 15 is 0 Å². The molecule has 4 nitrogen and oxygen atoms in total. The van der Waals surface area contributed by atoms with Crippen molar-refractivity contribution in [2.45, 2.75) is 65.7 Å². The fraction of sp³-hybridized carbons (Fsp3) is 0.370. The van der Waals surface area contributed by atoms with Gasteiger partial charge in [0.05, 0.1) is 11.7 Å². The summed E-state index contributed by atoms with van der Waals surface area (Å²) in [4.78, 5) is 12.0. The largest absolute Gasteiger partial charge is 0.507 e. The zero-order chi connectivity index (χ0) is 25.5. The highest BCUT2D eigenvalue weighted by Crippen LogP contribution is 2.37. The number of hydrogen-bond acceptors (Lipinski definition) is 3. The van der Waals surface area contributed by atoms with Crippen molar-refractivity contribution in [2.75, 3.05) is 0 Å². The molecule has 2 aromatic carbocycles. The average Bonchev–Trinajstić information content (AvgIpc) is 2.76. The van der Waals surface area contributed by atoms with Gasteiger partial charge in [0.1, 0.15) is 17.1 Å². The van der Waals surface area contributed by atoms with Gasteiger partial charge in [0.2, 0.25) is 0 Å². The number of benzene rings is 2. The maximum atomic E-state index is 12.8. The van der Waals surface area contributed by atoms with Gasteiger partial charge in [-0.05, 0) is 62.4 Å². The van der Waals surface area contributed by atoms with Gasteiger partial charge in [-0.3, -0.25) is 0 Å². The van der Waals surface area contributed by atoms with Gasteiger partial charge in [0.25, 0.3) is 0 Å². The molecule has 0 radical (unpaired) electrons. The Kier molecular flexibility index (Phi) is 9.36. The van der Waals surface area contributed by atoms with Crippen LogP contribution in [0.2, 0.25) is 0 Å². The van der Waals surface area contributed by atoms with E-state index in [1.807, 2.05) is 33.8 Å². The third kappa shape index (κ3) is 7.14. The second-order valence-electron chi connectivity index (χ2n) is 8.35. The van der Waals surface area contributed by atoms with E-state index in [2.05, 4.69) is 0 Å². The molecular weight excluding hydrogens is 445 g/mol. The minimum absolute atomic E-state index is 0.0997. The van der Waals surface area contributed by atoms with Crippen LogP contribution in [0.1, 0.15) is 79.6 Å². The molecule has 184 valence electrons. The smallest absolute Gasteiger partial charge is 0.416 e. The Morgan fingerprint density at radius 3 is 2.26 bits per heavy atom. The molecule has 0 aliphatic carbocycles. The van der Waals surface area contributed by atoms with E-state index < -0.39 is 17.7 Å². The number of carboxylic acids is 1. The lowest BCUT2D eigenvalue weighted by molar-refractivity contribution is -0.137. The lowest BCUT2D eigenvalue weighted by Gasteiger charge is -2.21. The number of aromatic carboxylic acids is 1. The molecular formula is C27H31F3O4. The molecule has 2 N–H and O–H groups in total. The number of hydrogen-bond donors (Lipinski definition) is 2. The number of phenols is 1. The Morgan fingerprint density at radius 2 is 1.76 bits per heavy atom. The molecule has 0 bridgehead atoms. The summed E-state index contributed by atoms with van der Waals surface area (Å²) in [5.74, 6) is -1.29. The zero-order valence-corrected chi connectivity index (χ0v) is 19.9. The number of halogens is 3. The summed E-state index contributed by atoms with van der Waals surface area (Å²) in [5.41, 5.74) is 1.00. The normalized spacial score (nSPS) is 12.6. The van der Waals surface area contributed by atoms with Crippen LogP contribution in [0.25, 0.3) is 12.2 Å². The van der Waals surface area contributed by atoms with E-state index in [0.29, 0.717) is 23.3 Å². The quantitative estimate of drug-likeness (QED) is 0.272. The fourth-order valence-electron chi connectivity index (χ4n) is 3.49. The summed E-state index contributed by atoms with van der Waals surface area (Å²) in [5, 5.41) is 20.7. The van der Waals surface area contributed by atoms with Crippen molar-refractivity contribution in [1.29, 1.82) is 0 Å². The van der Waals surface area contributed by atoms with Crippen molar-refractivity contribution in [1.82, 2.24) is 0 Å². The standard InChI is InChI=1S/C27H31F3O4/c1-5-7-21(6-2)34-23-16-19(12-9-18-10-13-20(14-11-18)27(28,29)30)24(26(32)33)25(31)22(23)15-8-17(3)4/h8-14,16,21,31H,5-7,15H2,1-4H3,(H,32,33)/b12-9+. The van der Waals surface area contributed by atoms with Crippen LogP contribution in [0.5, 0.6) is 11.5 Å². The summed E-state index contributed by atoms with van der Waals surface area (Å²) < 4.78 is 44.6. The summed E-state index contributed by atoms with van der Waals surface area (Å²) in [7, 11) is 0. The van der Waals surface area contributed by atoms with Crippen molar-refractivity contribution >= 4 is 18.1 Å². The Hall–Kier alpha value is -3.22. The molecule has 0 saturated heterocycles. The lowest BCUT2D eigenvalue weighted by Crippen LogP contribution is -2.16. The van der Waals surface area contributed by atoms with Crippen LogP contribution in [0.4, 0.5) is 13.2 Å². The van der Waals surface area contributed by atoms with Gasteiger partial charge in [-0.25, -0.2) is 4.79 Å². The van der Waals surface area contributed by atoms with E-state index in [1.54, 1.807) is 6.07 Å². The van der Waals surface area contributed by atoms with E-state index in [4.69, 9.17) is 4.74 Å². The van der Waals surface area contributed by atoms with Crippen molar-refractivity contribution in [3.8, 4) is 11.5 Å². The Bertz CT molecular complexity index is 1050. The third-order valence-corrected chi connectivity index (χ3v) is 5.38. The molecule has 0 heterocycles. The SMILES string of the molecule is CCCC(CC)Oc1cc(/C=C/c2ccc(C(F)(F)F)cc2)c(C(=O)O)c(O)c1CC=C(C)C. The highest BCUT2D eigenvalue weighted by molar-refractivity contribution is 5.97. The van der Waals surface area contributed by atoms with Crippen LogP contribution in [0, 0.1) is 0 Å². The summed E-state index contributed by atoms with van der Waals surface area (Å²) in [6.07, 6.45) is 3.06. The molecule has 1 atom stereocenters. The van der Waals surface area contributed by atoms with Crippen LogP contribution in [-0.2, 0) is 12.6 Å². The molecule has 0 aromatic heterocycles. The third-order valence-electron chi connectivity index (χ3n) is 5.38. The maximum Gasteiger partial charge on any atom is 0.416 e. The number of aromatic hydroxyl groups is 1. The van der Waals surface area contributed by atoms with Gasteiger partial charge in [0, 0.05) is 5.56 Å². The maximum absolute atomic E-state index is 12.8. The zero-order valence-electron chi connectivity index (χ0n) is 19.9. The van der Waals surface area contributed by atoms with Crippen molar-refractivity contribution < 1.29 is 32.9 Å². The highest BCUT2D eigenvalue weighted by atomic mass is 19.4. The first kappa shape index (κ1) is 27.0. The fourth-order valence-corrected chi connectivity index (χ4v) is 3.49. The van der Waals surface area contributed by atoms with Crippen molar-refractivity contribution in [2.24, 2.45) is 0 Å². The molecule has 0 aliphatic rings. The van der Waals surface area contributed by atoms with Gasteiger partial charge in [-0.2, -0.15) is 13.2 Å². The van der Waals surface area contributed by atoms with E-state index in [9.17, 15) is 28.2 Å². The van der Waals surface area contributed by atoms with Gasteiger partial charge < -0.3 is 14.9 Å². The van der Waals surface area contributed by atoms with Crippen LogP contribution in [0.3, 0.4) is 0 Å². The average molecular weight is 477 g/mol. The van der Waals surface area contributed by atoms with Crippen LogP contribution < -0.4 is 4.74 Å². The predicted molar refractivity (Wildman–Crippen MR) is 128 cm³/mol. The van der Waals surface area contributed by atoms with Crippen molar-refractivity contribution in [3.63, 3.8) is 0 Å². The number of ether oxygens (including phenoxy) is 1. The Balaban J connectivity index is 2.57. The molecule has 7 heteroatoms. The second kappa shape index (κ2) is 11.8. The molecule has 0 saturated carbocycles. The van der Waals surface area contributed by atoms with Crippen LogP contribution in [0.15, 0.2) is 42.0 Å². The van der Waals surface area contributed by atoms with Gasteiger partial charge in [-0.1, -0.05) is 56.2 Å². The molecule has 1 unspecified atom stereocenters. The minimum Gasteiger partial charge on any atom is -0.507 e. The first-order valence-corrected chi connectivity index (χ1v) is 11.2. The monoisotopic (exact) mass is 476 g/mol. The summed E-state index contributed by atoms with van der Waals surface area (Å²) >= 11 is 0. The van der Waals surface area contributed by atoms with E-state index in [-0.39, 0.29) is 23.0 Å². The van der Waals surface area contributed by atoms with Gasteiger partial charge in [-0.15, -0.1) is 0 Å². The highest BCUT2D eigenvalue weighted by Gasteiger charge is 2.30. The molecule has 2 rings (SSSR count). The molecule has 0 aliphatic heterocycles. The number of rotatable bonds is 10. The number of allylic oxidation sites excluding steroid dienone is 2. The minimum atomic E-state index is -4.44. The second-order valence-corrected chi connectivity index (χ2v) is 8.35. The van der Waals surface area contributed by atoms with Gasteiger partial charge in [0.15, 0.2) is 0 Å². The topological polar surface area (TPSA) is 66.8 Å². The first-order chi connectivity index (χ1) is 16.0. The van der Waals surface area contributed by atoms with Crippen LogP contribution in [-0.4, -0.2) is 22.3 Å². The number of alkyl halides is 3. The van der Waals surface area contributed by atoms with E-state index in [1.165, 1.54) is 24.3 Å². The predicted octanol–water partition coefficient (Wildman–Crippen LogP) is 7.75. The molecule has 0 spiro atoms. The van der Waals surface area contributed by atoms with Gasteiger partial charge >= 0.3 is 12.1 Å². The molecule has 2 aromatic rings. The Labute approximate surface area is 198 Å². The summed E-state index contributed by atoms with van der Waals surface area (Å²) in [6.45, 7) is 7.85. The molecule has 0 fully saturated rings. The van der Waals surface area contributed by atoms with Crippen LogP contribution >= 0.6 is 0 Å².